The lowest BCUT2D eigenvalue weighted by atomic mass is 9.86. The largest absolute Gasteiger partial charge is 0.496 e. The Hall–Kier alpha value is -3.34. The van der Waals surface area contributed by atoms with Crippen molar-refractivity contribution in [3.63, 3.8) is 0 Å². The molecular weight excluding hydrogens is 376 g/mol. The number of amides is 1. The molecule has 30 heavy (non-hydrogen) atoms. The summed E-state index contributed by atoms with van der Waals surface area (Å²) in [6, 6.07) is 17.9. The molecule has 0 aliphatic carbocycles. The molecule has 0 saturated carbocycles. The number of nitrogens with one attached hydrogen (secondary N) is 1. The fourth-order valence-corrected chi connectivity index (χ4v) is 3.21. The average molecular weight is 405 g/mol. The summed E-state index contributed by atoms with van der Waals surface area (Å²) < 4.78 is 11.1. The van der Waals surface area contributed by atoms with Crippen LogP contribution in [-0.2, 0) is 10.2 Å². The lowest BCUT2D eigenvalue weighted by Crippen LogP contribution is -2.25. The molecule has 1 N–H and O–H groups in total. The minimum Gasteiger partial charge on any atom is -0.496 e. The first-order valence-corrected chi connectivity index (χ1v) is 9.91. The van der Waals surface area contributed by atoms with Crippen molar-refractivity contribution >= 4 is 22.9 Å². The fourth-order valence-electron chi connectivity index (χ4n) is 3.21. The van der Waals surface area contributed by atoms with Gasteiger partial charge in [0.15, 0.2) is 6.61 Å². The number of methoxy groups -OCH3 is 1. The first-order chi connectivity index (χ1) is 14.3. The summed E-state index contributed by atoms with van der Waals surface area (Å²) in [7, 11) is 1.61. The summed E-state index contributed by atoms with van der Waals surface area (Å²) in [6.07, 6.45) is 1.60. The third kappa shape index (κ3) is 4.98. The van der Waals surface area contributed by atoms with E-state index in [-0.39, 0.29) is 17.9 Å². The third-order valence-corrected chi connectivity index (χ3v) is 4.93. The molecular formula is C25H28N2O3. The van der Waals surface area contributed by atoms with Crippen LogP contribution in [0.3, 0.4) is 0 Å². The van der Waals surface area contributed by atoms with Crippen molar-refractivity contribution < 1.29 is 14.3 Å². The first kappa shape index (κ1) is 21.4. The maximum absolute atomic E-state index is 12.2. The molecule has 5 heteroatoms. The highest BCUT2D eigenvalue weighted by atomic mass is 16.5. The average Bonchev–Trinajstić information content (AvgIpc) is 2.72. The van der Waals surface area contributed by atoms with Crippen LogP contribution in [0.15, 0.2) is 59.7 Å². The lowest BCUT2D eigenvalue weighted by molar-refractivity contribution is -0.123. The van der Waals surface area contributed by atoms with Gasteiger partial charge in [-0.2, -0.15) is 5.10 Å². The first-order valence-electron chi connectivity index (χ1n) is 9.91. The number of hydrogen-bond donors (Lipinski definition) is 1. The smallest absolute Gasteiger partial charge is 0.277 e. The molecule has 5 nitrogen and oxygen atoms in total. The van der Waals surface area contributed by atoms with E-state index in [9.17, 15) is 4.79 Å². The van der Waals surface area contributed by atoms with Crippen molar-refractivity contribution in [2.24, 2.45) is 5.10 Å². The van der Waals surface area contributed by atoms with E-state index in [2.05, 4.69) is 37.4 Å². The quantitative estimate of drug-likeness (QED) is 0.465. The predicted molar refractivity (Wildman–Crippen MR) is 122 cm³/mol. The number of hydrazone groups is 1. The Morgan fingerprint density at radius 2 is 1.80 bits per heavy atom. The molecule has 156 valence electrons. The number of nitrogens with zero attached hydrogens (tertiary/aromatic N) is 1. The molecule has 3 aromatic rings. The molecule has 1 amide bonds. The van der Waals surface area contributed by atoms with Crippen molar-refractivity contribution in [3.8, 4) is 11.5 Å². The summed E-state index contributed by atoms with van der Waals surface area (Å²) in [6.45, 7) is 8.36. The number of benzene rings is 3. The van der Waals surface area contributed by atoms with E-state index in [1.54, 1.807) is 13.3 Å². The van der Waals surface area contributed by atoms with Gasteiger partial charge in [0.05, 0.1) is 13.3 Å². The summed E-state index contributed by atoms with van der Waals surface area (Å²) in [5.74, 6) is 1.06. The van der Waals surface area contributed by atoms with Crippen molar-refractivity contribution in [1.29, 1.82) is 0 Å². The van der Waals surface area contributed by atoms with E-state index in [0.29, 0.717) is 11.5 Å². The van der Waals surface area contributed by atoms with Gasteiger partial charge in [0, 0.05) is 5.56 Å². The molecule has 0 bridgehead atoms. The second kappa shape index (κ2) is 8.99. The molecule has 0 heterocycles. The van der Waals surface area contributed by atoms with Gasteiger partial charge in [-0.15, -0.1) is 0 Å². The van der Waals surface area contributed by atoms with Gasteiger partial charge >= 0.3 is 0 Å². The van der Waals surface area contributed by atoms with Crippen LogP contribution in [0.25, 0.3) is 10.8 Å². The summed E-state index contributed by atoms with van der Waals surface area (Å²) >= 11 is 0. The monoisotopic (exact) mass is 404 g/mol. The molecule has 0 saturated heterocycles. The van der Waals surface area contributed by atoms with Gasteiger partial charge in [-0.05, 0) is 46.4 Å². The Morgan fingerprint density at radius 1 is 1.07 bits per heavy atom. The Kier molecular flexibility index (Phi) is 6.40. The Labute approximate surface area is 177 Å². The Balaban J connectivity index is 1.64. The van der Waals surface area contributed by atoms with Crippen LogP contribution in [0.2, 0.25) is 0 Å². The normalized spacial score (nSPS) is 11.6. The SMILES string of the molecule is COc1ccc2ccccc2c1C=NNC(=O)COc1ccc(C(C)(C)C)cc1C. The van der Waals surface area contributed by atoms with E-state index in [4.69, 9.17) is 9.47 Å². The van der Waals surface area contributed by atoms with E-state index in [1.807, 2.05) is 55.5 Å². The standard InChI is InChI=1S/C25H28N2O3/c1-17-14-19(25(2,3)4)11-13-22(17)30-16-24(28)27-26-15-21-20-9-7-6-8-18(20)10-12-23(21)29-5/h6-15H,16H2,1-5H3,(H,27,28). The van der Waals surface area contributed by atoms with Crippen LogP contribution in [0.5, 0.6) is 11.5 Å². The molecule has 0 fully saturated rings. The van der Waals surface area contributed by atoms with Crippen LogP contribution < -0.4 is 14.9 Å². The zero-order valence-corrected chi connectivity index (χ0v) is 18.2. The molecule has 0 aromatic heterocycles. The summed E-state index contributed by atoms with van der Waals surface area (Å²) in [5, 5.41) is 6.17. The van der Waals surface area contributed by atoms with Crippen LogP contribution in [0.4, 0.5) is 0 Å². The van der Waals surface area contributed by atoms with E-state index in [1.165, 1.54) is 5.56 Å². The Bertz CT molecular complexity index is 1080. The number of aryl methyl sites for hydroxylation is 1. The molecule has 0 atom stereocenters. The zero-order valence-electron chi connectivity index (χ0n) is 18.2. The number of hydrogen-bond acceptors (Lipinski definition) is 4. The molecule has 0 radical (unpaired) electrons. The fraction of sp³-hybridized carbons (Fsp3) is 0.280. The molecule has 0 spiro atoms. The van der Waals surface area contributed by atoms with E-state index < -0.39 is 0 Å². The highest BCUT2D eigenvalue weighted by Crippen LogP contribution is 2.28. The van der Waals surface area contributed by atoms with E-state index in [0.717, 1.165) is 21.9 Å². The van der Waals surface area contributed by atoms with Crippen LogP contribution in [-0.4, -0.2) is 25.8 Å². The van der Waals surface area contributed by atoms with Gasteiger partial charge in [-0.1, -0.05) is 63.2 Å². The Morgan fingerprint density at radius 3 is 2.50 bits per heavy atom. The number of rotatable bonds is 6. The number of carbonyl (C=O) groups is 1. The molecule has 3 aromatic carbocycles. The number of fused-ring (bicyclic) bond motifs is 1. The van der Waals surface area contributed by atoms with Gasteiger partial charge < -0.3 is 9.47 Å². The minimum atomic E-state index is -0.329. The molecule has 0 aliphatic heterocycles. The molecule has 3 rings (SSSR count). The molecule has 0 aliphatic rings. The second-order valence-corrected chi connectivity index (χ2v) is 8.21. The summed E-state index contributed by atoms with van der Waals surface area (Å²) in [4.78, 5) is 12.2. The maximum Gasteiger partial charge on any atom is 0.277 e. The van der Waals surface area contributed by atoms with E-state index >= 15 is 0 Å². The lowest BCUT2D eigenvalue weighted by Gasteiger charge is -2.20. The van der Waals surface area contributed by atoms with Crippen LogP contribution in [0.1, 0.15) is 37.5 Å². The number of ether oxygens (including phenoxy) is 2. The summed E-state index contributed by atoms with van der Waals surface area (Å²) in [5.41, 5.74) is 5.63. The zero-order chi connectivity index (χ0) is 21.7. The highest BCUT2D eigenvalue weighted by Gasteiger charge is 2.15. The van der Waals surface area contributed by atoms with Gasteiger partial charge in [0.25, 0.3) is 5.91 Å². The van der Waals surface area contributed by atoms with Crippen molar-refractivity contribution in [3.05, 3.63) is 71.3 Å². The van der Waals surface area contributed by atoms with Gasteiger partial charge in [0.2, 0.25) is 0 Å². The highest BCUT2D eigenvalue weighted by molar-refractivity contribution is 6.02. The van der Waals surface area contributed by atoms with Crippen molar-refractivity contribution in [2.75, 3.05) is 13.7 Å². The van der Waals surface area contributed by atoms with Gasteiger partial charge in [-0.3, -0.25) is 4.79 Å². The topological polar surface area (TPSA) is 59.9 Å². The third-order valence-electron chi connectivity index (χ3n) is 4.93. The second-order valence-electron chi connectivity index (χ2n) is 8.21. The number of carbonyl (C=O) groups excluding carboxylic acids is 1. The van der Waals surface area contributed by atoms with Gasteiger partial charge in [0.1, 0.15) is 11.5 Å². The van der Waals surface area contributed by atoms with Crippen molar-refractivity contribution in [2.45, 2.75) is 33.1 Å². The van der Waals surface area contributed by atoms with Crippen LogP contribution >= 0.6 is 0 Å². The maximum atomic E-state index is 12.2. The molecule has 0 unspecified atom stereocenters. The predicted octanol–water partition coefficient (Wildman–Crippen LogP) is 4.98. The van der Waals surface area contributed by atoms with Crippen molar-refractivity contribution in [1.82, 2.24) is 5.43 Å². The van der Waals surface area contributed by atoms with Gasteiger partial charge in [-0.25, -0.2) is 5.43 Å². The minimum absolute atomic E-state index is 0.0675. The van der Waals surface area contributed by atoms with Crippen LogP contribution in [0, 0.1) is 6.92 Å².